The monoisotopic (exact) mass is 300 g/mol. The second-order valence-corrected chi connectivity index (χ2v) is 5.42. The van der Waals surface area contributed by atoms with Gasteiger partial charge in [0.05, 0.1) is 10.1 Å². The van der Waals surface area contributed by atoms with E-state index in [-0.39, 0.29) is 16.5 Å². The van der Waals surface area contributed by atoms with Gasteiger partial charge in [-0.2, -0.15) is 0 Å². The maximum Gasteiger partial charge on any atom is 0.229 e. The van der Waals surface area contributed by atoms with Gasteiger partial charge in [0.2, 0.25) is 5.79 Å². The zero-order valence-electron chi connectivity index (χ0n) is 9.89. The molecule has 1 aliphatic rings. The Bertz CT molecular complexity index is 361. The van der Waals surface area contributed by atoms with E-state index in [9.17, 15) is 5.11 Å². The quantitative estimate of drug-likeness (QED) is 0.493. The Balaban J connectivity index is 3.50. The first-order chi connectivity index (χ1) is 7.75. The van der Waals surface area contributed by atoms with Crippen LogP contribution < -0.4 is 0 Å². The van der Waals surface area contributed by atoms with Crippen LogP contribution in [0, 0.1) is 0 Å². The van der Waals surface area contributed by atoms with Crippen LogP contribution in [0.4, 0.5) is 0 Å². The summed E-state index contributed by atoms with van der Waals surface area (Å²) in [7, 11) is 2.77. The molecule has 0 unspecified atom stereocenters. The van der Waals surface area contributed by atoms with Crippen LogP contribution in [-0.2, 0) is 9.47 Å². The van der Waals surface area contributed by atoms with Crippen molar-refractivity contribution < 1.29 is 14.6 Å². The van der Waals surface area contributed by atoms with Crippen molar-refractivity contribution in [2.24, 2.45) is 0 Å². The van der Waals surface area contributed by atoms with Gasteiger partial charge in [0.15, 0.2) is 0 Å². The molecule has 0 heterocycles. The topological polar surface area (TPSA) is 38.7 Å². The van der Waals surface area contributed by atoms with Gasteiger partial charge >= 0.3 is 0 Å². The zero-order chi connectivity index (χ0) is 13.5. The van der Waals surface area contributed by atoms with Crippen molar-refractivity contribution in [1.29, 1.82) is 0 Å². The summed E-state index contributed by atoms with van der Waals surface area (Å²) in [6.07, 6.45) is 1.75. The number of methoxy groups -OCH3 is 2. The standard InChI is InChI=1S/C11H15Cl3O3/c1-5-6-10(14)9(2,15)7(12)8(13)11(10,16-3)17-4/h5,15H,1,6H2,2-4H3/t9-,10+/m1/s1. The van der Waals surface area contributed by atoms with Crippen molar-refractivity contribution in [3.63, 3.8) is 0 Å². The van der Waals surface area contributed by atoms with Gasteiger partial charge in [-0.1, -0.05) is 29.3 Å². The van der Waals surface area contributed by atoms with Gasteiger partial charge in [0.1, 0.15) is 10.5 Å². The van der Waals surface area contributed by atoms with Gasteiger partial charge in [0, 0.05) is 14.2 Å². The normalized spacial score (nSPS) is 36.4. The summed E-state index contributed by atoms with van der Waals surface area (Å²) < 4.78 is 10.6. The number of alkyl halides is 1. The Morgan fingerprint density at radius 2 is 1.76 bits per heavy atom. The van der Waals surface area contributed by atoms with E-state index in [4.69, 9.17) is 44.3 Å². The summed E-state index contributed by atoms with van der Waals surface area (Å²) in [6, 6.07) is 0. The first kappa shape index (κ1) is 15.3. The lowest BCUT2D eigenvalue weighted by molar-refractivity contribution is -0.212. The van der Waals surface area contributed by atoms with Gasteiger partial charge < -0.3 is 14.6 Å². The molecular formula is C11H15Cl3O3. The molecule has 3 nitrogen and oxygen atoms in total. The van der Waals surface area contributed by atoms with Gasteiger partial charge in [0.25, 0.3) is 0 Å². The van der Waals surface area contributed by atoms with Crippen LogP contribution in [0.3, 0.4) is 0 Å². The predicted octanol–water partition coefficient (Wildman–Crippen LogP) is 2.98. The summed E-state index contributed by atoms with van der Waals surface area (Å²) in [5.41, 5.74) is -1.58. The van der Waals surface area contributed by atoms with E-state index < -0.39 is 16.3 Å². The average molecular weight is 302 g/mol. The van der Waals surface area contributed by atoms with Crippen LogP contribution in [0.5, 0.6) is 0 Å². The van der Waals surface area contributed by atoms with E-state index in [0.717, 1.165) is 0 Å². The van der Waals surface area contributed by atoms with E-state index in [1.54, 1.807) is 6.08 Å². The highest BCUT2D eigenvalue weighted by molar-refractivity contribution is 6.44. The Kier molecular flexibility index (Phi) is 4.25. The molecule has 6 heteroatoms. The summed E-state index contributed by atoms with van der Waals surface area (Å²) in [5.74, 6) is -1.50. The lowest BCUT2D eigenvalue weighted by Gasteiger charge is -2.44. The van der Waals surface area contributed by atoms with E-state index in [1.807, 2.05) is 0 Å². The molecule has 0 spiro atoms. The molecule has 17 heavy (non-hydrogen) atoms. The molecule has 0 aliphatic heterocycles. The van der Waals surface area contributed by atoms with E-state index >= 15 is 0 Å². The van der Waals surface area contributed by atoms with Gasteiger partial charge in [-0.15, -0.1) is 18.2 Å². The van der Waals surface area contributed by atoms with Crippen LogP contribution in [0.1, 0.15) is 13.3 Å². The molecule has 98 valence electrons. The molecule has 0 aromatic heterocycles. The molecule has 2 atom stereocenters. The fraction of sp³-hybridized carbons (Fsp3) is 0.636. The maximum absolute atomic E-state index is 10.5. The fourth-order valence-corrected chi connectivity index (χ4v) is 3.48. The Labute approximate surface area is 116 Å². The summed E-state index contributed by atoms with van der Waals surface area (Å²) in [6.45, 7) is 5.07. The molecule has 0 fully saturated rings. The number of hydrogen-bond donors (Lipinski definition) is 1. The van der Waals surface area contributed by atoms with Crippen molar-refractivity contribution in [2.75, 3.05) is 14.2 Å². The molecular weight excluding hydrogens is 286 g/mol. The van der Waals surface area contributed by atoms with Gasteiger partial charge in [-0.05, 0) is 13.3 Å². The highest BCUT2D eigenvalue weighted by Crippen LogP contribution is 2.59. The van der Waals surface area contributed by atoms with E-state index in [2.05, 4.69) is 6.58 Å². The van der Waals surface area contributed by atoms with Crippen LogP contribution >= 0.6 is 34.8 Å². The molecule has 0 amide bonds. The Morgan fingerprint density at radius 3 is 2.12 bits per heavy atom. The zero-order valence-corrected chi connectivity index (χ0v) is 12.2. The maximum atomic E-state index is 10.5. The van der Waals surface area contributed by atoms with Crippen LogP contribution in [0.25, 0.3) is 0 Å². The third kappa shape index (κ3) is 1.68. The minimum atomic E-state index is -1.58. The van der Waals surface area contributed by atoms with Crippen molar-refractivity contribution in [1.82, 2.24) is 0 Å². The average Bonchev–Trinajstić information content (AvgIpc) is 2.39. The van der Waals surface area contributed by atoms with E-state index in [1.165, 1.54) is 21.1 Å². The highest BCUT2D eigenvalue weighted by Gasteiger charge is 2.70. The summed E-state index contributed by atoms with van der Waals surface area (Å²) in [5, 5.41) is 10.5. The molecule has 1 aliphatic carbocycles. The van der Waals surface area contributed by atoms with Crippen molar-refractivity contribution in [3.05, 3.63) is 22.7 Å². The first-order valence-corrected chi connectivity index (χ1v) is 6.07. The number of hydrogen-bond acceptors (Lipinski definition) is 3. The van der Waals surface area contributed by atoms with Crippen molar-refractivity contribution >= 4 is 34.8 Å². The molecule has 1 N–H and O–H groups in total. The molecule has 0 saturated carbocycles. The third-order valence-corrected chi connectivity index (χ3v) is 5.07. The highest BCUT2D eigenvalue weighted by atomic mass is 35.5. The minimum absolute atomic E-state index is 0.0136. The van der Waals surface area contributed by atoms with Crippen molar-refractivity contribution in [3.8, 4) is 0 Å². The summed E-state index contributed by atoms with van der Waals surface area (Å²) >= 11 is 18.6. The fourth-order valence-electron chi connectivity index (χ4n) is 2.14. The SMILES string of the molecule is C=CC[C@@]1(Cl)C(OC)(OC)C(Cl)=C(Cl)[C@@]1(C)O. The van der Waals surface area contributed by atoms with Crippen LogP contribution in [0.15, 0.2) is 22.7 Å². The summed E-state index contributed by atoms with van der Waals surface area (Å²) in [4.78, 5) is -1.38. The van der Waals surface area contributed by atoms with Gasteiger partial charge in [-0.25, -0.2) is 0 Å². The lowest BCUT2D eigenvalue weighted by Crippen LogP contribution is -2.60. The van der Waals surface area contributed by atoms with Crippen LogP contribution in [0.2, 0.25) is 0 Å². The predicted molar refractivity (Wildman–Crippen MR) is 69.5 cm³/mol. The molecule has 0 bridgehead atoms. The molecule has 0 radical (unpaired) electrons. The van der Waals surface area contributed by atoms with E-state index in [0.29, 0.717) is 0 Å². The molecule has 0 aromatic carbocycles. The molecule has 0 aromatic rings. The number of aliphatic hydroxyl groups is 1. The number of halogens is 3. The largest absolute Gasteiger partial charge is 0.382 e. The van der Waals surface area contributed by atoms with Crippen LogP contribution in [-0.4, -0.2) is 35.6 Å². The second-order valence-electron chi connectivity index (χ2n) is 4.02. The number of ether oxygens (including phenoxy) is 2. The second kappa shape index (κ2) is 4.72. The lowest BCUT2D eigenvalue weighted by atomic mass is 9.84. The smallest absolute Gasteiger partial charge is 0.229 e. The number of rotatable bonds is 4. The molecule has 0 saturated heterocycles. The Hall–Kier alpha value is 0.230. The number of allylic oxidation sites excluding steroid dienone is 1. The Morgan fingerprint density at radius 1 is 1.29 bits per heavy atom. The third-order valence-electron chi connectivity index (χ3n) is 3.20. The first-order valence-electron chi connectivity index (χ1n) is 4.94. The van der Waals surface area contributed by atoms with Gasteiger partial charge in [-0.3, -0.25) is 0 Å². The molecule has 1 rings (SSSR count). The van der Waals surface area contributed by atoms with Crippen molar-refractivity contribution in [2.45, 2.75) is 29.6 Å². The minimum Gasteiger partial charge on any atom is -0.382 e.